The van der Waals surface area contributed by atoms with Crippen molar-refractivity contribution >= 4 is 18.1 Å². The SMILES string of the molecule is Cc1ccc(-c2nnc(CCC(=O)N3CCCC(c4n[nH]c(=S)n4C4CC4)C3)o2)cc1. The van der Waals surface area contributed by atoms with Crippen molar-refractivity contribution in [1.82, 2.24) is 29.9 Å². The van der Waals surface area contributed by atoms with Gasteiger partial charge in [0, 0.05) is 43.5 Å². The van der Waals surface area contributed by atoms with Crippen molar-refractivity contribution in [3.8, 4) is 11.5 Å². The Morgan fingerprint density at radius 2 is 2.03 bits per heavy atom. The number of carbonyl (C=O) groups excluding carboxylic acids is 1. The summed E-state index contributed by atoms with van der Waals surface area (Å²) in [4.78, 5) is 14.8. The highest BCUT2D eigenvalue weighted by Crippen LogP contribution is 2.38. The van der Waals surface area contributed by atoms with Gasteiger partial charge < -0.3 is 13.9 Å². The van der Waals surface area contributed by atoms with E-state index in [-0.39, 0.29) is 11.8 Å². The molecule has 1 aromatic carbocycles. The quantitative estimate of drug-likeness (QED) is 0.586. The number of nitrogens with zero attached hydrogens (tertiary/aromatic N) is 5. The van der Waals surface area contributed by atoms with E-state index in [1.807, 2.05) is 36.1 Å². The van der Waals surface area contributed by atoms with E-state index in [0.717, 1.165) is 43.6 Å². The van der Waals surface area contributed by atoms with Crippen LogP contribution in [0.25, 0.3) is 11.5 Å². The number of piperidine rings is 1. The number of carbonyl (C=O) groups is 1. The molecule has 0 spiro atoms. The lowest BCUT2D eigenvalue weighted by Gasteiger charge is -2.32. The summed E-state index contributed by atoms with van der Waals surface area (Å²) in [5.41, 5.74) is 2.06. The molecule has 2 fully saturated rings. The molecule has 1 atom stereocenters. The summed E-state index contributed by atoms with van der Waals surface area (Å²) in [6.07, 6.45) is 5.12. The minimum absolute atomic E-state index is 0.117. The van der Waals surface area contributed by atoms with Crippen LogP contribution >= 0.6 is 12.2 Å². The van der Waals surface area contributed by atoms with Crippen LogP contribution in [-0.2, 0) is 11.2 Å². The van der Waals surface area contributed by atoms with Crippen LogP contribution in [0.5, 0.6) is 0 Å². The van der Waals surface area contributed by atoms with Gasteiger partial charge in [0.05, 0.1) is 0 Å². The van der Waals surface area contributed by atoms with Gasteiger partial charge in [0.2, 0.25) is 17.7 Å². The predicted molar refractivity (Wildman–Crippen MR) is 117 cm³/mol. The third-order valence-corrected chi connectivity index (χ3v) is 6.39. The molecule has 1 saturated heterocycles. The summed E-state index contributed by atoms with van der Waals surface area (Å²) < 4.78 is 8.63. The summed E-state index contributed by atoms with van der Waals surface area (Å²) in [5, 5.41) is 15.7. The van der Waals surface area contributed by atoms with Crippen molar-refractivity contribution in [2.45, 2.75) is 57.4 Å². The van der Waals surface area contributed by atoms with Crippen LogP contribution < -0.4 is 0 Å². The number of amides is 1. The molecule has 1 saturated carbocycles. The number of hydrogen-bond acceptors (Lipinski definition) is 6. The zero-order valence-electron chi connectivity index (χ0n) is 17.6. The maximum Gasteiger partial charge on any atom is 0.247 e. The molecule has 1 unspecified atom stereocenters. The van der Waals surface area contributed by atoms with Crippen LogP contribution in [0, 0.1) is 11.7 Å². The fourth-order valence-electron chi connectivity index (χ4n) is 4.24. The van der Waals surface area contributed by atoms with Gasteiger partial charge in [0.1, 0.15) is 5.82 Å². The first-order valence-corrected chi connectivity index (χ1v) is 11.3. The molecule has 9 heteroatoms. The molecule has 5 rings (SSSR count). The number of aryl methyl sites for hydroxylation is 2. The maximum atomic E-state index is 12.9. The van der Waals surface area contributed by atoms with E-state index in [0.29, 0.717) is 42.0 Å². The van der Waals surface area contributed by atoms with Gasteiger partial charge in [-0.15, -0.1) is 10.2 Å². The van der Waals surface area contributed by atoms with Gasteiger partial charge in [-0.3, -0.25) is 9.89 Å². The van der Waals surface area contributed by atoms with E-state index in [2.05, 4.69) is 25.0 Å². The monoisotopic (exact) mass is 438 g/mol. The Morgan fingerprint density at radius 3 is 2.81 bits per heavy atom. The van der Waals surface area contributed by atoms with E-state index in [4.69, 9.17) is 16.6 Å². The third kappa shape index (κ3) is 4.32. The molecule has 1 amide bonds. The average molecular weight is 439 g/mol. The highest BCUT2D eigenvalue weighted by atomic mass is 32.1. The fourth-order valence-corrected chi connectivity index (χ4v) is 4.53. The normalized spacial score (nSPS) is 19.0. The van der Waals surface area contributed by atoms with Crippen molar-refractivity contribution in [1.29, 1.82) is 0 Å². The molecule has 8 nitrogen and oxygen atoms in total. The van der Waals surface area contributed by atoms with Gasteiger partial charge in [0.25, 0.3) is 0 Å². The number of nitrogens with one attached hydrogen (secondary N) is 1. The molecule has 3 heterocycles. The largest absolute Gasteiger partial charge is 0.421 e. The molecule has 2 aromatic heterocycles. The molecule has 0 bridgehead atoms. The van der Waals surface area contributed by atoms with Crippen molar-refractivity contribution in [3.63, 3.8) is 0 Å². The van der Waals surface area contributed by atoms with Crippen LogP contribution in [-0.4, -0.2) is 48.9 Å². The average Bonchev–Trinajstić information content (AvgIpc) is 3.38. The first-order valence-electron chi connectivity index (χ1n) is 10.9. The Hall–Kier alpha value is -2.81. The number of H-pyrrole nitrogens is 1. The van der Waals surface area contributed by atoms with Crippen LogP contribution in [0.3, 0.4) is 0 Å². The third-order valence-electron chi connectivity index (χ3n) is 6.10. The zero-order valence-corrected chi connectivity index (χ0v) is 18.4. The van der Waals surface area contributed by atoms with Gasteiger partial charge in [0.15, 0.2) is 4.77 Å². The number of rotatable bonds is 6. The molecule has 0 radical (unpaired) electrons. The topological polar surface area (TPSA) is 92.8 Å². The minimum Gasteiger partial charge on any atom is -0.421 e. The lowest BCUT2D eigenvalue weighted by atomic mass is 9.96. The van der Waals surface area contributed by atoms with Gasteiger partial charge in [-0.1, -0.05) is 17.7 Å². The summed E-state index contributed by atoms with van der Waals surface area (Å²) >= 11 is 5.42. The molecule has 1 N–H and O–H groups in total. The smallest absolute Gasteiger partial charge is 0.247 e. The Balaban J connectivity index is 1.20. The molecule has 1 aliphatic heterocycles. The summed E-state index contributed by atoms with van der Waals surface area (Å²) in [7, 11) is 0. The second-order valence-corrected chi connectivity index (χ2v) is 8.92. The maximum absolute atomic E-state index is 12.9. The lowest BCUT2D eigenvalue weighted by Crippen LogP contribution is -2.39. The number of benzene rings is 1. The summed E-state index contributed by atoms with van der Waals surface area (Å²) in [6.45, 7) is 3.50. The summed E-state index contributed by atoms with van der Waals surface area (Å²) in [5.74, 6) is 2.33. The van der Waals surface area contributed by atoms with Crippen molar-refractivity contribution in [3.05, 3.63) is 46.3 Å². The molecule has 162 valence electrons. The standard InChI is InChI=1S/C22H26N6O2S/c1-14-4-6-15(7-5-14)21-25-23-18(30-21)10-11-19(29)27-12-2-3-16(13-27)20-24-26-22(31)28(20)17-8-9-17/h4-7,16-17H,2-3,8-13H2,1H3,(H,26,31). The Kier molecular flexibility index (Phi) is 5.43. The van der Waals surface area contributed by atoms with E-state index >= 15 is 0 Å². The van der Waals surface area contributed by atoms with Crippen molar-refractivity contribution < 1.29 is 9.21 Å². The lowest BCUT2D eigenvalue weighted by molar-refractivity contribution is -0.132. The summed E-state index contributed by atoms with van der Waals surface area (Å²) in [6, 6.07) is 8.42. The molecular weight excluding hydrogens is 412 g/mol. The van der Waals surface area contributed by atoms with Crippen LogP contribution in [0.1, 0.15) is 61.3 Å². The highest BCUT2D eigenvalue weighted by Gasteiger charge is 2.33. The highest BCUT2D eigenvalue weighted by molar-refractivity contribution is 7.71. The molecule has 3 aromatic rings. The van der Waals surface area contributed by atoms with Crippen LogP contribution in [0.15, 0.2) is 28.7 Å². The Bertz CT molecular complexity index is 1130. The van der Waals surface area contributed by atoms with Crippen LogP contribution in [0.4, 0.5) is 0 Å². The van der Waals surface area contributed by atoms with Crippen molar-refractivity contribution in [2.24, 2.45) is 0 Å². The fraction of sp³-hybridized carbons (Fsp3) is 0.500. The van der Waals surface area contributed by atoms with E-state index in [1.165, 1.54) is 5.56 Å². The minimum atomic E-state index is 0.117. The number of aromatic amines is 1. The second kappa shape index (κ2) is 8.37. The van der Waals surface area contributed by atoms with E-state index in [9.17, 15) is 4.79 Å². The number of hydrogen-bond donors (Lipinski definition) is 1. The number of likely N-dealkylation sites (tertiary alicyclic amines) is 1. The Morgan fingerprint density at radius 1 is 1.23 bits per heavy atom. The molecule has 1 aliphatic carbocycles. The number of aromatic nitrogens is 5. The van der Waals surface area contributed by atoms with E-state index in [1.54, 1.807) is 0 Å². The first-order chi connectivity index (χ1) is 15.1. The van der Waals surface area contributed by atoms with Crippen LogP contribution in [0.2, 0.25) is 0 Å². The van der Waals surface area contributed by atoms with Gasteiger partial charge in [-0.2, -0.15) is 5.10 Å². The van der Waals surface area contributed by atoms with Gasteiger partial charge >= 0.3 is 0 Å². The molecule has 2 aliphatic rings. The zero-order chi connectivity index (χ0) is 21.4. The second-order valence-electron chi connectivity index (χ2n) is 8.53. The predicted octanol–water partition coefficient (Wildman–Crippen LogP) is 3.97. The first kappa shape index (κ1) is 20.1. The molecular formula is C22H26N6O2S. The van der Waals surface area contributed by atoms with Gasteiger partial charge in [-0.05, 0) is 57.0 Å². The van der Waals surface area contributed by atoms with Crippen molar-refractivity contribution in [2.75, 3.05) is 13.1 Å². The molecule has 31 heavy (non-hydrogen) atoms. The van der Waals surface area contributed by atoms with Gasteiger partial charge in [-0.25, -0.2) is 0 Å². The van der Waals surface area contributed by atoms with E-state index < -0.39 is 0 Å². The Labute approximate surface area is 185 Å².